The van der Waals surface area contributed by atoms with E-state index in [9.17, 15) is 0 Å². The van der Waals surface area contributed by atoms with Gasteiger partial charge in [-0.05, 0) is 12.1 Å². The van der Waals surface area contributed by atoms with Gasteiger partial charge in [0.2, 0.25) is 0 Å². The standard InChI is InChI=1S/C8H24B2N2S2Si2/c1-9-11(15(3,4)5)14-12(10(2)13-9)16(6,7)8/h1-8H3. The number of nitrogens with zero attached hydrogens (tertiary/aromatic N) is 2. The molecule has 0 radical (unpaired) electrons. The lowest BCUT2D eigenvalue weighted by molar-refractivity contribution is 0.959. The first-order valence-electron chi connectivity index (χ1n) is 5.95. The molecule has 0 aromatic heterocycles. The van der Waals surface area contributed by atoms with Gasteiger partial charge in [0.1, 0.15) is 16.5 Å². The lowest BCUT2D eigenvalue weighted by Crippen LogP contribution is -2.60. The zero-order valence-electron chi connectivity index (χ0n) is 11.9. The van der Waals surface area contributed by atoms with Crippen molar-refractivity contribution in [3.05, 3.63) is 0 Å². The average molecular weight is 290 g/mol. The molecule has 1 aliphatic heterocycles. The molecule has 0 atom stereocenters. The zero-order valence-corrected chi connectivity index (χ0v) is 15.5. The first-order valence-corrected chi connectivity index (χ1v) is 14.5. The summed E-state index contributed by atoms with van der Waals surface area (Å²) in [6.45, 7) is 19.3. The highest BCUT2D eigenvalue weighted by Crippen LogP contribution is 2.40. The molecule has 0 aromatic rings. The van der Waals surface area contributed by atoms with Gasteiger partial charge in [-0.15, -0.1) is 0 Å². The second-order valence-electron chi connectivity index (χ2n) is 6.41. The highest BCUT2D eigenvalue weighted by atomic mass is 32.2. The Morgan fingerprint density at radius 1 is 0.750 bits per heavy atom. The van der Waals surface area contributed by atoms with Crippen molar-refractivity contribution in [2.75, 3.05) is 0 Å². The molecule has 1 saturated heterocycles. The molecule has 92 valence electrons. The molecule has 0 aliphatic carbocycles. The van der Waals surface area contributed by atoms with Crippen LogP contribution >= 0.6 is 23.6 Å². The molecule has 16 heavy (non-hydrogen) atoms. The van der Waals surface area contributed by atoms with Crippen molar-refractivity contribution >= 4 is 52.3 Å². The monoisotopic (exact) mass is 290 g/mol. The second-order valence-corrected chi connectivity index (χ2v) is 19.3. The Hall–Kier alpha value is 1.18. The average Bonchev–Trinajstić information content (AvgIpc) is 1.97. The molecule has 0 saturated carbocycles. The lowest BCUT2D eigenvalue weighted by Gasteiger charge is -2.49. The Labute approximate surface area is 113 Å². The number of hydrogen-bond donors (Lipinski definition) is 0. The summed E-state index contributed by atoms with van der Waals surface area (Å²) in [4.78, 5) is 0. The molecule has 0 bridgehead atoms. The van der Waals surface area contributed by atoms with Crippen molar-refractivity contribution in [1.82, 2.24) is 7.76 Å². The largest absolute Gasteiger partial charge is 0.289 e. The molecular formula is C8H24B2N2S2Si2. The molecule has 8 heteroatoms. The molecular weight excluding hydrogens is 266 g/mol. The van der Waals surface area contributed by atoms with Crippen LogP contribution in [0.5, 0.6) is 0 Å². The van der Waals surface area contributed by atoms with E-state index in [2.05, 4.69) is 72.2 Å². The summed E-state index contributed by atoms with van der Waals surface area (Å²) in [7, 11) is -2.43. The fourth-order valence-electron chi connectivity index (χ4n) is 1.96. The molecule has 1 rings (SSSR count). The highest BCUT2D eigenvalue weighted by Gasteiger charge is 2.44. The van der Waals surface area contributed by atoms with E-state index in [0.717, 1.165) is 0 Å². The Bertz CT molecular complexity index is 233. The minimum Gasteiger partial charge on any atom is -0.289 e. The van der Waals surface area contributed by atoms with Gasteiger partial charge in [-0.2, -0.15) is 0 Å². The van der Waals surface area contributed by atoms with Crippen LogP contribution in [0.4, 0.5) is 0 Å². The van der Waals surface area contributed by atoms with E-state index in [1.54, 1.807) is 0 Å². The van der Waals surface area contributed by atoms with E-state index in [-0.39, 0.29) is 0 Å². The van der Waals surface area contributed by atoms with Crippen LogP contribution in [0.25, 0.3) is 0 Å². The van der Waals surface area contributed by atoms with Gasteiger partial charge < -0.3 is 0 Å². The predicted octanol–water partition coefficient (Wildman–Crippen LogP) is 3.81. The highest BCUT2D eigenvalue weighted by molar-refractivity contribution is 8.47. The smallest absolute Gasteiger partial charge is 0.283 e. The number of rotatable bonds is 2. The summed E-state index contributed by atoms with van der Waals surface area (Å²) in [6, 6.07) is 0. The molecule has 2 nitrogen and oxygen atoms in total. The second kappa shape index (κ2) is 5.05. The molecule has 0 spiro atoms. The molecule has 0 N–H and O–H groups in total. The topological polar surface area (TPSA) is 6.48 Å². The molecule has 0 unspecified atom stereocenters. The maximum Gasteiger partial charge on any atom is 0.283 e. The van der Waals surface area contributed by atoms with E-state index in [1.807, 2.05) is 12.1 Å². The van der Waals surface area contributed by atoms with Crippen molar-refractivity contribution in [2.24, 2.45) is 0 Å². The fourth-order valence-corrected chi connectivity index (χ4v) is 10.9. The molecule has 1 aliphatic rings. The zero-order chi connectivity index (χ0) is 12.7. The molecule has 1 fully saturated rings. The van der Waals surface area contributed by atoms with E-state index in [4.69, 9.17) is 0 Å². The summed E-state index contributed by atoms with van der Waals surface area (Å²) in [5.74, 6) is 0. The third-order valence-corrected chi connectivity index (χ3v) is 12.6. The maximum atomic E-state index is 2.68. The third-order valence-electron chi connectivity index (χ3n) is 2.55. The normalized spacial score (nSPS) is 21.8. The first-order chi connectivity index (χ1) is 7.03. The van der Waals surface area contributed by atoms with Gasteiger partial charge in [-0.1, -0.05) is 52.9 Å². The van der Waals surface area contributed by atoms with E-state index in [1.165, 1.54) is 0 Å². The van der Waals surface area contributed by atoms with Crippen molar-refractivity contribution in [2.45, 2.75) is 52.9 Å². The minimum absolute atomic E-state index is 0.652. The van der Waals surface area contributed by atoms with E-state index < -0.39 is 16.5 Å². The van der Waals surface area contributed by atoms with Crippen LogP contribution in [0.3, 0.4) is 0 Å². The van der Waals surface area contributed by atoms with Gasteiger partial charge in [0.05, 0.1) is 0 Å². The van der Waals surface area contributed by atoms with Crippen LogP contribution in [-0.4, -0.2) is 36.5 Å². The van der Waals surface area contributed by atoms with Gasteiger partial charge in [0, 0.05) is 0 Å². The Balaban J connectivity index is 2.85. The van der Waals surface area contributed by atoms with Gasteiger partial charge >= 0.3 is 0 Å². The SMILES string of the molecule is CB1SB(C)N([Si](C)(C)C)SN1[Si](C)(C)C. The molecule has 1 heterocycles. The Morgan fingerprint density at radius 2 is 1.06 bits per heavy atom. The van der Waals surface area contributed by atoms with Gasteiger partial charge in [-0.3, -0.25) is 7.76 Å². The predicted molar refractivity (Wildman–Crippen MR) is 88.8 cm³/mol. The van der Waals surface area contributed by atoms with E-state index in [0.29, 0.717) is 12.3 Å². The number of hydrogen-bond acceptors (Lipinski definition) is 4. The fraction of sp³-hybridized carbons (Fsp3) is 1.00. The Kier molecular flexibility index (Phi) is 4.81. The van der Waals surface area contributed by atoms with Crippen LogP contribution in [0.1, 0.15) is 0 Å². The maximum absolute atomic E-state index is 2.68. The summed E-state index contributed by atoms with van der Waals surface area (Å²) >= 11 is 4.14. The lowest BCUT2D eigenvalue weighted by atomic mass is 9.97. The van der Waals surface area contributed by atoms with Crippen molar-refractivity contribution in [3.8, 4) is 0 Å². The minimum atomic E-state index is -1.21. The van der Waals surface area contributed by atoms with Gasteiger partial charge in [-0.25, -0.2) is 11.5 Å². The van der Waals surface area contributed by atoms with Crippen molar-refractivity contribution in [3.63, 3.8) is 0 Å². The van der Waals surface area contributed by atoms with Gasteiger partial charge in [0.25, 0.3) is 12.3 Å². The summed E-state index contributed by atoms with van der Waals surface area (Å²) < 4.78 is 5.35. The van der Waals surface area contributed by atoms with Crippen LogP contribution in [-0.2, 0) is 0 Å². The summed E-state index contributed by atoms with van der Waals surface area (Å²) in [5.41, 5.74) is 0. The first kappa shape index (κ1) is 15.2. The van der Waals surface area contributed by atoms with Gasteiger partial charge in [0.15, 0.2) is 0 Å². The summed E-state index contributed by atoms with van der Waals surface area (Å²) in [5, 5.41) is 0. The quantitative estimate of drug-likeness (QED) is 0.563. The summed E-state index contributed by atoms with van der Waals surface area (Å²) in [6.07, 6.45) is 1.30. The van der Waals surface area contributed by atoms with Crippen LogP contribution in [0.15, 0.2) is 0 Å². The third kappa shape index (κ3) is 3.59. The van der Waals surface area contributed by atoms with E-state index >= 15 is 0 Å². The molecule has 0 amide bonds. The van der Waals surface area contributed by atoms with Crippen molar-refractivity contribution < 1.29 is 0 Å². The van der Waals surface area contributed by atoms with Crippen LogP contribution in [0.2, 0.25) is 52.9 Å². The van der Waals surface area contributed by atoms with Crippen LogP contribution in [0, 0.1) is 0 Å². The molecule has 0 aromatic carbocycles. The van der Waals surface area contributed by atoms with Crippen molar-refractivity contribution in [1.29, 1.82) is 0 Å². The van der Waals surface area contributed by atoms with Crippen LogP contribution < -0.4 is 0 Å². The Morgan fingerprint density at radius 3 is 1.31 bits per heavy atom.